The Kier molecular flexibility index (Phi) is 3.32. The second kappa shape index (κ2) is 5.30. The highest BCUT2D eigenvalue weighted by molar-refractivity contribution is 5.38. The highest BCUT2D eigenvalue weighted by atomic mass is 15.3. The van der Waals surface area contributed by atoms with E-state index in [9.17, 15) is 0 Å². The van der Waals surface area contributed by atoms with Crippen molar-refractivity contribution in [3.63, 3.8) is 0 Å². The average Bonchev–Trinajstić information content (AvgIpc) is 3.40. The van der Waals surface area contributed by atoms with Crippen LogP contribution in [0.4, 0.5) is 5.82 Å². The van der Waals surface area contributed by atoms with Gasteiger partial charge in [0.05, 0.1) is 5.69 Å². The van der Waals surface area contributed by atoms with Crippen molar-refractivity contribution in [3.05, 3.63) is 17.8 Å². The van der Waals surface area contributed by atoms with Crippen molar-refractivity contribution < 1.29 is 0 Å². The van der Waals surface area contributed by atoms with Gasteiger partial charge in [-0.3, -0.25) is 4.90 Å². The molecule has 1 aliphatic heterocycles. The van der Waals surface area contributed by atoms with Gasteiger partial charge in [-0.2, -0.15) is 5.10 Å². The Morgan fingerprint density at radius 1 is 1.00 bits per heavy atom. The lowest BCUT2D eigenvalue weighted by Gasteiger charge is -2.35. The van der Waals surface area contributed by atoms with Crippen molar-refractivity contribution in [2.75, 3.05) is 31.1 Å². The summed E-state index contributed by atoms with van der Waals surface area (Å²) in [4.78, 5) is 4.99. The molecule has 1 saturated heterocycles. The summed E-state index contributed by atoms with van der Waals surface area (Å²) >= 11 is 0. The van der Waals surface area contributed by atoms with E-state index in [0.29, 0.717) is 0 Å². The van der Waals surface area contributed by atoms with E-state index >= 15 is 0 Å². The molecule has 0 aromatic carbocycles. The van der Waals surface area contributed by atoms with Crippen molar-refractivity contribution in [2.45, 2.75) is 44.3 Å². The van der Waals surface area contributed by atoms with Crippen LogP contribution in [0, 0.1) is 0 Å². The van der Waals surface area contributed by atoms with E-state index in [4.69, 9.17) is 0 Å². The first-order valence-electron chi connectivity index (χ1n) is 7.93. The van der Waals surface area contributed by atoms with Crippen molar-refractivity contribution in [1.29, 1.82) is 0 Å². The maximum atomic E-state index is 4.40. The Morgan fingerprint density at radius 3 is 2.40 bits per heavy atom. The minimum Gasteiger partial charge on any atom is -0.353 e. The average molecular weight is 273 g/mol. The lowest BCUT2D eigenvalue weighted by molar-refractivity contribution is 0.247. The third-order valence-corrected chi connectivity index (χ3v) is 4.56. The molecule has 3 aliphatic rings. The number of anilines is 1. The minimum absolute atomic E-state index is 0.729. The first kappa shape index (κ1) is 12.5. The third kappa shape index (κ3) is 2.94. The first-order valence-corrected chi connectivity index (χ1v) is 7.93. The fourth-order valence-electron chi connectivity index (χ4n) is 2.91. The fraction of sp³-hybridized carbons (Fsp3) is 0.733. The van der Waals surface area contributed by atoms with E-state index in [1.54, 1.807) is 0 Å². The van der Waals surface area contributed by atoms with E-state index in [1.165, 1.54) is 38.8 Å². The highest BCUT2D eigenvalue weighted by Crippen LogP contribution is 2.28. The summed E-state index contributed by atoms with van der Waals surface area (Å²) in [6.07, 6.45) is 5.44. The van der Waals surface area contributed by atoms with Crippen LogP contribution in [-0.4, -0.2) is 53.4 Å². The molecule has 0 amide bonds. The Hall–Kier alpha value is -1.20. The lowest BCUT2D eigenvalue weighted by atomic mass is 10.3. The monoisotopic (exact) mass is 273 g/mol. The number of nitrogens with zero attached hydrogens (tertiary/aromatic N) is 4. The van der Waals surface area contributed by atoms with Crippen LogP contribution in [0.15, 0.2) is 12.1 Å². The maximum Gasteiger partial charge on any atom is 0.151 e. The van der Waals surface area contributed by atoms with E-state index in [0.717, 1.165) is 43.2 Å². The zero-order chi connectivity index (χ0) is 13.4. The summed E-state index contributed by atoms with van der Waals surface area (Å²) in [7, 11) is 0. The molecule has 4 rings (SSSR count). The fourth-order valence-corrected chi connectivity index (χ4v) is 2.91. The van der Waals surface area contributed by atoms with Gasteiger partial charge >= 0.3 is 0 Å². The van der Waals surface area contributed by atoms with Gasteiger partial charge in [0, 0.05) is 44.8 Å². The van der Waals surface area contributed by atoms with Gasteiger partial charge in [0.15, 0.2) is 5.82 Å². The van der Waals surface area contributed by atoms with Crippen LogP contribution in [-0.2, 0) is 6.54 Å². The number of aromatic nitrogens is 2. The van der Waals surface area contributed by atoms with Crippen LogP contribution in [0.5, 0.6) is 0 Å². The number of hydrogen-bond acceptors (Lipinski definition) is 5. The van der Waals surface area contributed by atoms with Gasteiger partial charge in [-0.1, -0.05) is 0 Å². The summed E-state index contributed by atoms with van der Waals surface area (Å²) in [5, 5.41) is 12.2. The molecule has 2 aliphatic carbocycles. The quantitative estimate of drug-likeness (QED) is 0.867. The number of piperazine rings is 1. The molecule has 5 heteroatoms. The van der Waals surface area contributed by atoms with E-state index in [1.807, 2.05) is 0 Å². The molecular weight excluding hydrogens is 250 g/mol. The molecule has 1 N–H and O–H groups in total. The first-order chi connectivity index (χ1) is 9.88. The molecule has 0 unspecified atom stereocenters. The largest absolute Gasteiger partial charge is 0.353 e. The molecule has 0 bridgehead atoms. The molecule has 0 radical (unpaired) electrons. The highest BCUT2D eigenvalue weighted by Gasteiger charge is 2.31. The number of rotatable bonds is 5. The van der Waals surface area contributed by atoms with Gasteiger partial charge < -0.3 is 10.2 Å². The number of hydrogen-bond donors (Lipinski definition) is 1. The zero-order valence-corrected chi connectivity index (χ0v) is 12.0. The molecular formula is C15H23N5. The molecule has 5 nitrogen and oxygen atoms in total. The van der Waals surface area contributed by atoms with Gasteiger partial charge in [-0.05, 0) is 37.8 Å². The van der Waals surface area contributed by atoms with Crippen LogP contribution >= 0.6 is 0 Å². The topological polar surface area (TPSA) is 44.3 Å². The summed E-state index contributed by atoms with van der Waals surface area (Å²) in [5.41, 5.74) is 1.05. The standard InChI is InChI=1S/C15H23N5/c1-2-12(1)16-11-13-3-6-15(18-17-13)20-9-7-19(8-10-20)14-4-5-14/h3,6,12,14,16H,1-2,4-5,7-11H2. The smallest absolute Gasteiger partial charge is 0.151 e. The summed E-state index contributed by atoms with van der Waals surface area (Å²) in [6, 6.07) is 5.86. The molecule has 2 heterocycles. The van der Waals surface area contributed by atoms with Gasteiger partial charge in [0.25, 0.3) is 0 Å². The predicted molar refractivity (Wildman–Crippen MR) is 78.7 cm³/mol. The van der Waals surface area contributed by atoms with Gasteiger partial charge in [-0.15, -0.1) is 5.10 Å². The second-order valence-corrected chi connectivity index (χ2v) is 6.29. The van der Waals surface area contributed by atoms with E-state index < -0.39 is 0 Å². The van der Waals surface area contributed by atoms with E-state index in [2.05, 4.69) is 37.4 Å². The van der Waals surface area contributed by atoms with Gasteiger partial charge in [-0.25, -0.2) is 0 Å². The Balaban J connectivity index is 1.31. The van der Waals surface area contributed by atoms with Crippen LogP contribution < -0.4 is 10.2 Å². The van der Waals surface area contributed by atoms with Gasteiger partial charge in [0.1, 0.15) is 0 Å². The molecule has 20 heavy (non-hydrogen) atoms. The summed E-state index contributed by atoms with van der Waals surface area (Å²) in [6.45, 7) is 5.39. The molecule has 0 atom stereocenters. The molecule has 108 valence electrons. The van der Waals surface area contributed by atoms with Gasteiger partial charge in [0.2, 0.25) is 0 Å². The normalized spacial score (nSPS) is 24.1. The summed E-state index contributed by atoms with van der Waals surface area (Å²) < 4.78 is 0. The lowest BCUT2D eigenvalue weighted by Crippen LogP contribution is -2.47. The molecule has 0 spiro atoms. The Labute approximate surface area is 120 Å². The molecule has 3 fully saturated rings. The van der Waals surface area contributed by atoms with Crippen LogP contribution in [0.2, 0.25) is 0 Å². The predicted octanol–water partition coefficient (Wildman–Crippen LogP) is 1.01. The SMILES string of the molecule is c1cc(N2CCN(C3CC3)CC2)nnc1CNC1CC1. The van der Waals surface area contributed by atoms with Crippen LogP contribution in [0.1, 0.15) is 31.4 Å². The molecule has 1 aromatic rings. The number of nitrogens with one attached hydrogen (secondary N) is 1. The van der Waals surface area contributed by atoms with Crippen molar-refractivity contribution in [2.24, 2.45) is 0 Å². The maximum absolute atomic E-state index is 4.40. The molecule has 2 saturated carbocycles. The Bertz CT molecular complexity index is 444. The minimum atomic E-state index is 0.729. The summed E-state index contributed by atoms with van der Waals surface area (Å²) in [5.74, 6) is 1.04. The van der Waals surface area contributed by atoms with E-state index in [-0.39, 0.29) is 0 Å². The van der Waals surface area contributed by atoms with Crippen molar-refractivity contribution >= 4 is 5.82 Å². The van der Waals surface area contributed by atoms with Crippen molar-refractivity contribution in [3.8, 4) is 0 Å². The van der Waals surface area contributed by atoms with Crippen molar-refractivity contribution in [1.82, 2.24) is 20.4 Å². The zero-order valence-electron chi connectivity index (χ0n) is 12.0. The Morgan fingerprint density at radius 2 is 1.80 bits per heavy atom. The molecule has 1 aromatic heterocycles. The third-order valence-electron chi connectivity index (χ3n) is 4.56. The van der Waals surface area contributed by atoms with Crippen LogP contribution in [0.25, 0.3) is 0 Å². The second-order valence-electron chi connectivity index (χ2n) is 6.29. The van der Waals surface area contributed by atoms with Crippen LogP contribution in [0.3, 0.4) is 0 Å².